The number of rotatable bonds is 7. The van der Waals surface area contributed by atoms with Crippen molar-refractivity contribution in [1.82, 2.24) is 4.90 Å². The zero-order valence-corrected chi connectivity index (χ0v) is 20.5. The average molecular weight is 494 g/mol. The van der Waals surface area contributed by atoms with E-state index in [9.17, 15) is 9.59 Å². The third-order valence-electron chi connectivity index (χ3n) is 5.88. The van der Waals surface area contributed by atoms with E-state index in [0.717, 1.165) is 17.1 Å². The standard InChI is InChI=1S/C27H28ClN3O4/c1-3-35-23-11-4-19(5-12-23)26(32)29-21-7-9-22(10-8-21)30-14-16-31(17-15-30)27(33)24-18-20(28)6-13-25(24)34-2/h4-13,18H,3,14-17H2,1-2H3,(H,29,32). The highest BCUT2D eigenvalue weighted by atomic mass is 35.5. The summed E-state index contributed by atoms with van der Waals surface area (Å²) in [5, 5.41) is 3.42. The van der Waals surface area contributed by atoms with Gasteiger partial charge >= 0.3 is 0 Å². The Morgan fingerprint density at radius 2 is 1.63 bits per heavy atom. The van der Waals surface area contributed by atoms with Crippen molar-refractivity contribution in [2.24, 2.45) is 0 Å². The van der Waals surface area contributed by atoms with Crippen molar-refractivity contribution < 1.29 is 19.1 Å². The van der Waals surface area contributed by atoms with Crippen molar-refractivity contribution >= 4 is 34.8 Å². The van der Waals surface area contributed by atoms with Crippen LogP contribution in [0.4, 0.5) is 11.4 Å². The summed E-state index contributed by atoms with van der Waals surface area (Å²) in [7, 11) is 1.54. The van der Waals surface area contributed by atoms with Gasteiger partial charge in [0.2, 0.25) is 0 Å². The number of carbonyl (C=O) groups is 2. The van der Waals surface area contributed by atoms with Crippen molar-refractivity contribution in [3.05, 3.63) is 82.9 Å². The third-order valence-corrected chi connectivity index (χ3v) is 6.11. The maximum Gasteiger partial charge on any atom is 0.257 e. The Balaban J connectivity index is 1.33. The van der Waals surface area contributed by atoms with Crippen molar-refractivity contribution in [2.45, 2.75) is 6.92 Å². The van der Waals surface area contributed by atoms with E-state index in [-0.39, 0.29) is 11.8 Å². The molecule has 0 unspecified atom stereocenters. The molecule has 0 aliphatic carbocycles. The second-order valence-corrected chi connectivity index (χ2v) is 8.52. The molecular weight excluding hydrogens is 466 g/mol. The van der Waals surface area contributed by atoms with Gasteiger partial charge in [-0.2, -0.15) is 0 Å². The first-order valence-corrected chi connectivity index (χ1v) is 11.9. The summed E-state index contributed by atoms with van der Waals surface area (Å²) in [6.07, 6.45) is 0. The van der Waals surface area contributed by atoms with E-state index in [4.69, 9.17) is 21.1 Å². The molecule has 7 nitrogen and oxygen atoms in total. The van der Waals surface area contributed by atoms with Crippen LogP contribution in [0, 0.1) is 0 Å². The molecule has 1 heterocycles. The highest BCUT2D eigenvalue weighted by molar-refractivity contribution is 6.31. The molecule has 182 valence electrons. The zero-order valence-electron chi connectivity index (χ0n) is 19.8. The number of hydrogen-bond acceptors (Lipinski definition) is 5. The minimum atomic E-state index is -0.177. The first-order chi connectivity index (χ1) is 17.0. The molecule has 1 saturated heterocycles. The second kappa shape index (κ2) is 11.1. The van der Waals surface area contributed by atoms with Crippen LogP contribution in [0.25, 0.3) is 0 Å². The van der Waals surface area contributed by atoms with Crippen LogP contribution in [0.3, 0.4) is 0 Å². The van der Waals surface area contributed by atoms with Gasteiger partial charge in [-0.1, -0.05) is 11.6 Å². The van der Waals surface area contributed by atoms with Crippen LogP contribution < -0.4 is 19.7 Å². The number of amides is 2. The first kappa shape index (κ1) is 24.4. The van der Waals surface area contributed by atoms with Crippen LogP contribution in [0.2, 0.25) is 5.02 Å². The van der Waals surface area contributed by atoms with E-state index in [1.54, 1.807) is 49.6 Å². The number of hydrogen-bond donors (Lipinski definition) is 1. The largest absolute Gasteiger partial charge is 0.496 e. The van der Waals surface area contributed by atoms with Crippen LogP contribution in [-0.4, -0.2) is 56.6 Å². The van der Waals surface area contributed by atoms with Gasteiger partial charge in [-0.05, 0) is 73.7 Å². The minimum absolute atomic E-state index is 0.0867. The summed E-state index contributed by atoms with van der Waals surface area (Å²) in [5.41, 5.74) is 2.79. The number of methoxy groups -OCH3 is 1. The van der Waals surface area contributed by atoms with Gasteiger partial charge < -0.3 is 24.6 Å². The number of nitrogens with one attached hydrogen (secondary N) is 1. The van der Waals surface area contributed by atoms with E-state index < -0.39 is 0 Å². The first-order valence-electron chi connectivity index (χ1n) is 11.5. The topological polar surface area (TPSA) is 71.1 Å². The molecule has 0 atom stereocenters. The fourth-order valence-electron chi connectivity index (χ4n) is 4.01. The molecule has 0 bridgehead atoms. The van der Waals surface area contributed by atoms with Gasteiger partial charge in [0.25, 0.3) is 11.8 Å². The maximum atomic E-state index is 13.0. The third kappa shape index (κ3) is 5.87. The number of carbonyl (C=O) groups excluding carboxylic acids is 2. The van der Waals surface area contributed by atoms with Crippen LogP contribution in [-0.2, 0) is 0 Å². The fourth-order valence-corrected chi connectivity index (χ4v) is 4.19. The monoisotopic (exact) mass is 493 g/mol. The molecule has 4 rings (SSSR count). The molecule has 0 saturated carbocycles. The fraction of sp³-hybridized carbons (Fsp3) is 0.259. The van der Waals surface area contributed by atoms with Crippen LogP contribution in [0.5, 0.6) is 11.5 Å². The lowest BCUT2D eigenvalue weighted by Gasteiger charge is -2.36. The number of anilines is 2. The number of halogens is 1. The number of nitrogens with zero attached hydrogens (tertiary/aromatic N) is 2. The lowest BCUT2D eigenvalue weighted by molar-refractivity contribution is 0.0743. The van der Waals surface area contributed by atoms with Crippen LogP contribution >= 0.6 is 11.6 Å². The number of benzene rings is 3. The normalized spacial score (nSPS) is 13.3. The molecule has 1 N–H and O–H groups in total. The summed E-state index contributed by atoms with van der Waals surface area (Å²) in [6.45, 7) is 5.08. The van der Waals surface area contributed by atoms with Gasteiger partial charge in [0.15, 0.2) is 0 Å². The van der Waals surface area contributed by atoms with Crippen molar-refractivity contribution in [3.63, 3.8) is 0 Å². The highest BCUT2D eigenvalue weighted by Crippen LogP contribution is 2.26. The molecule has 1 aliphatic heterocycles. The quantitative estimate of drug-likeness (QED) is 0.503. The molecule has 8 heteroatoms. The molecule has 3 aromatic carbocycles. The molecule has 1 fully saturated rings. The SMILES string of the molecule is CCOc1ccc(C(=O)Nc2ccc(N3CCN(C(=O)c4cc(Cl)ccc4OC)CC3)cc2)cc1. The molecule has 2 amide bonds. The van der Waals surface area contributed by atoms with E-state index in [1.165, 1.54) is 0 Å². The van der Waals surface area contributed by atoms with Crippen molar-refractivity contribution in [1.29, 1.82) is 0 Å². The summed E-state index contributed by atoms with van der Waals surface area (Å²) in [4.78, 5) is 29.6. The van der Waals surface area contributed by atoms with Gasteiger partial charge in [-0.15, -0.1) is 0 Å². The Morgan fingerprint density at radius 3 is 2.26 bits per heavy atom. The predicted octanol–water partition coefficient (Wildman–Crippen LogP) is 4.96. The Bertz CT molecular complexity index is 1170. The average Bonchev–Trinajstić information content (AvgIpc) is 2.89. The Kier molecular flexibility index (Phi) is 7.77. The molecule has 0 radical (unpaired) electrons. The summed E-state index contributed by atoms with van der Waals surface area (Å²) in [5.74, 6) is 0.993. The summed E-state index contributed by atoms with van der Waals surface area (Å²) >= 11 is 6.09. The molecule has 35 heavy (non-hydrogen) atoms. The number of piperazine rings is 1. The van der Waals surface area contributed by atoms with Crippen molar-refractivity contribution in [3.8, 4) is 11.5 Å². The van der Waals surface area contributed by atoms with Gasteiger partial charge in [-0.25, -0.2) is 0 Å². The van der Waals surface area contributed by atoms with Gasteiger partial charge in [0, 0.05) is 48.1 Å². The smallest absolute Gasteiger partial charge is 0.257 e. The minimum Gasteiger partial charge on any atom is -0.496 e. The highest BCUT2D eigenvalue weighted by Gasteiger charge is 2.24. The number of ether oxygens (including phenoxy) is 2. The molecule has 3 aromatic rings. The Morgan fingerprint density at radius 1 is 0.943 bits per heavy atom. The summed E-state index contributed by atoms with van der Waals surface area (Å²) < 4.78 is 10.8. The lowest BCUT2D eigenvalue weighted by atomic mass is 10.1. The summed E-state index contributed by atoms with van der Waals surface area (Å²) in [6, 6.07) is 19.9. The van der Waals surface area contributed by atoms with Crippen molar-refractivity contribution in [2.75, 3.05) is 50.1 Å². The zero-order chi connectivity index (χ0) is 24.8. The molecule has 0 aromatic heterocycles. The van der Waals surface area contributed by atoms with E-state index in [1.807, 2.05) is 36.1 Å². The Labute approximate surface area is 210 Å². The van der Waals surface area contributed by atoms with Gasteiger partial charge in [-0.3, -0.25) is 9.59 Å². The Hall–Kier alpha value is -3.71. The van der Waals surface area contributed by atoms with E-state index >= 15 is 0 Å². The van der Waals surface area contributed by atoms with Crippen LogP contribution in [0.15, 0.2) is 66.7 Å². The van der Waals surface area contributed by atoms with Crippen LogP contribution in [0.1, 0.15) is 27.6 Å². The van der Waals surface area contributed by atoms with Gasteiger partial charge in [0.1, 0.15) is 11.5 Å². The molecule has 0 spiro atoms. The maximum absolute atomic E-state index is 13.0. The van der Waals surface area contributed by atoms with E-state index in [2.05, 4.69) is 10.2 Å². The van der Waals surface area contributed by atoms with Gasteiger partial charge in [0.05, 0.1) is 19.3 Å². The predicted molar refractivity (Wildman–Crippen MR) is 138 cm³/mol. The van der Waals surface area contributed by atoms with E-state index in [0.29, 0.717) is 54.7 Å². The molecular formula is C27H28ClN3O4. The lowest BCUT2D eigenvalue weighted by Crippen LogP contribution is -2.48. The second-order valence-electron chi connectivity index (χ2n) is 8.08. The molecule has 1 aliphatic rings.